The van der Waals surface area contributed by atoms with Crippen molar-refractivity contribution in [3.8, 4) is 5.75 Å². The van der Waals surface area contributed by atoms with Crippen LogP contribution in [0.25, 0.3) is 10.8 Å². The maximum Gasteiger partial charge on any atom is 0.342 e. The van der Waals surface area contributed by atoms with Gasteiger partial charge in [-0.3, -0.25) is 4.79 Å². The maximum atomic E-state index is 12.3. The lowest BCUT2D eigenvalue weighted by atomic mass is 10.1. The molecule has 1 atom stereocenters. The van der Waals surface area contributed by atoms with Crippen LogP contribution in [0.3, 0.4) is 0 Å². The van der Waals surface area contributed by atoms with Gasteiger partial charge in [-0.2, -0.15) is 0 Å². The summed E-state index contributed by atoms with van der Waals surface area (Å²) in [6.07, 6.45) is 0.501. The molecular weight excluding hydrogens is 322 g/mol. The first-order chi connectivity index (χ1) is 12.1. The largest absolute Gasteiger partial charge is 0.506 e. The monoisotopic (exact) mass is 339 g/mol. The first-order valence-electron chi connectivity index (χ1n) is 7.78. The van der Waals surface area contributed by atoms with Crippen LogP contribution in [0.15, 0.2) is 59.2 Å². The lowest BCUT2D eigenvalue weighted by Gasteiger charge is -2.14. The Kier molecular flexibility index (Phi) is 4.70. The third-order valence-corrected chi connectivity index (χ3v) is 3.79. The summed E-state index contributed by atoms with van der Waals surface area (Å²) >= 11 is 0. The topological polar surface area (TPSA) is 88.8 Å². The summed E-state index contributed by atoms with van der Waals surface area (Å²) in [6, 6.07) is 13.8. The molecule has 128 valence electrons. The number of rotatable bonds is 5. The number of hydrogen-bond acceptors (Lipinski definition) is 5. The number of carbonyl (C=O) groups excluding carboxylic acids is 2. The summed E-state index contributed by atoms with van der Waals surface area (Å²) in [5.41, 5.74) is 0.0179. The van der Waals surface area contributed by atoms with Gasteiger partial charge in [-0.05, 0) is 30.5 Å². The fraction of sp³-hybridized carbons (Fsp3) is 0.158. The van der Waals surface area contributed by atoms with E-state index in [1.165, 1.54) is 19.3 Å². The predicted molar refractivity (Wildman–Crippen MR) is 91.0 cm³/mol. The number of aromatic hydroxyl groups is 1. The Balaban J connectivity index is 1.67. The van der Waals surface area contributed by atoms with E-state index in [9.17, 15) is 14.7 Å². The van der Waals surface area contributed by atoms with Crippen molar-refractivity contribution in [2.45, 2.75) is 19.6 Å². The number of amides is 1. The maximum absolute atomic E-state index is 12.3. The molecule has 0 saturated carbocycles. The Morgan fingerprint density at radius 3 is 2.72 bits per heavy atom. The van der Waals surface area contributed by atoms with E-state index in [0.717, 1.165) is 5.39 Å². The normalized spacial score (nSPS) is 11.9. The molecule has 25 heavy (non-hydrogen) atoms. The van der Waals surface area contributed by atoms with Gasteiger partial charge < -0.3 is 19.6 Å². The van der Waals surface area contributed by atoms with Crippen molar-refractivity contribution >= 4 is 22.6 Å². The van der Waals surface area contributed by atoms with Gasteiger partial charge in [0, 0.05) is 5.39 Å². The zero-order chi connectivity index (χ0) is 17.8. The Hall–Kier alpha value is -3.28. The molecule has 0 fully saturated rings. The SMILES string of the molecule is C[C@@H](OC(=O)c1ccc2ccccc2c1O)C(=O)NCc1ccco1. The minimum atomic E-state index is -1.01. The molecule has 6 nitrogen and oxygen atoms in total. The zero-order valence-corrected chi connectivity index (χ0v) is 13.6. The standard InChI is InChI=1S/C19H17NO5/c1-12(18(22)20-11-14-6-4-10-24-14)25-19(23)16-9-8-13-5-2-3-7-15(13)17(16)21/h2-10,12,21H,11H2,1H3,(H,20,22)/t12-/m1/s1. The number of esters is 1. The lowest BCUT2D eigenvalue weighted by Crippen LogP contribution is -2.35. The summed E-state index contributed by atoms with van der Waals surface area (Å²) < 4.78 is 10.3. The van der Waals surface area contributed by atoms with Gasteiger partial charge in [0.05, 0.1) is 12.8 Å². The molecule has 1 amide bonds. The van der Waals surface area contributed by atoms with Crippen LogP contribution in [-0.2, 0) is 16.1 Å². The van der Waals surface area contributed by atoms with Crippen LogP contribution in [-0.4, -0.2) is 23.1 Å². The molecule has 2 aromatic carbocycles. The first kappa shape index (κ1) is 16.6. The quantitative estimate of drug-likeness (QED) is 0.698. The summed E-state index contributed by atoms with van der Waals surface area (Å²) in [7, 11) is 0. The van der Waals surface area contributed by atoms with E-state index in [-0.39, 0.29) is 17.9 Å². The van der Waals surface area contributed by atoms with E-state index in [1.807, 2.05) is 12.1 Å². The summed E-state index contributed by atoms with van der Waals surface area (Å²) in [4.78, 5) is 24.3. The van der Waals surface area contributed by atoms with Crippen molar-refractivity contribution in [3.63, 3.8) is 0 Å². The second-order valence-electron chi connectivity index (χ2n) is 5.53. The van der Waals surface area contributed by atoms with Crippen molar-refractivity contribution < 1.29 is 23.8 Å². The van der Waals surface area contributed by atoms with Crippen molar-refractivity contribution in [1.82, 2.24) is 5.32 Å². The van der Waals surface area contributed by atoms with E-state index in [4.69, 9.17) is 9.15 Å². The molecule has 1 aromatic heterocycles. The predicted octanol–water partition coefficient (Wildman–Crippen LogP) is 3.00. The Bertz CT molecular complexity index is 901. The summed E-state index contributed by atoms with van der Waals surface area (Å²) in [5.74, 6) is -0.778. The number of ether oxygens (including phenoxy) is 1. The Morgan fingerprint density at radius 1 is 1.16 bits per heavy atom. The van der Waals surface area contributed by atoms with Gasteiger partial charge in [0.15, 0.2) is 6.10 Å². The minimum Gasteiger partial charge on any atom is -0.506 e. The van der Waals surface area contributed by atoms with E-state index < -0.39 is 18.0 Å². The van der Waals surface area contributed by atoms with Crippen LogP contribution < -0.4 is 5.32 Å². The fourth-order valence-corrected chi connectivity index (χ4v) is 2.43. The van der Waals surface area contributed by atoms with Crippen molar-refractivity contribution in [2.24, 2.45) is 0 Å². The van der Waals surface area contributed by atoms with Crippen molar-refractivity contribution in [1.29, 1.82) is 0 Å². The zero-order valence-electron chi connectivity index (χ0n) is 13.6. The van der Waals surface area contributed by atoms with E-state index >= 15 is 0 Å². The van der Waals surface area contributed by atoms with Gasteiger partial charge in [0.1, 0.15) is 17.1 Å². The van der Waals surface area contributed by atoms with Crippen LogP contribution >= 0.6 is 0 Å². The number of phenols is 1. The number of furan rings is 1. The molecule has 0 spiro atoms. The van der Waals surface area contributed by atoms with Gasteiger partial charge >= 0.3 is 5.97 Å². The molecular formula is C19H17NO5. The van der Waals surface area contributed by atoms with Crippen LogP contribution in [0.4, 0.5) is 0 Å². The minimum absolute atomic E-state index is 0.0179. The Labute approximate surface area is 144 Å². The van der Waals surface area contributed by atoms with Crippen LogP contribution in [0.5, 0.6) is 5.75 Å². The van der Waals surface area contributed by atoms with E-state index in [1.54, 1.807) is 30.3 Å². The number of fused-ring (bicyclic) bond motifs is 1. The van der Waals surface area contributed by atoms with Crippen LogP contribution in [0.2, 0.25) is 0 Å². The average molecular weight is 339 g/mol. The molecule has 3 rings (SSSR count). The molecule has 0 aliphatic rings. The average Bonchev–Trinajstić information content (AvgIpc) is 3.13. The van der Waals surface area contributed by atoms with Gasteiger partial charge in [-0.25, -0.2) is 4.79 Å². The van der Waals surface area contributed by atoms with Crippen LogP contribution in [0.1, 0.15) is 23.0 Å². The van der Waals surface area contributed by atoms with Gasteiger partial charge in [-0.15, -0.1) is 0 Å². The van der Waals surface area contributed by atoms with E-state index in [2.05, 4.69) is 5.32 Å². The highest BCUT2D eigenvalue weighted by Crippen LogP contribution is 2.29. The molecule has 6 heteroatoms. The smallest absolute Gasteiger partial charge is 0.342 e. The van der Waals surface area contributed by atoms with Gasteiger partial charge in [0.25, 0.3) is 5.91 Å². The fourth-order valence-electron chi connectivity index (χ4n) is 2.43. The summed E-state index contributed by atoms with van der Waals surface area (Å²) in [6.45, 7) is 1.67. The third kappa shape index (κ3) is 3.63. The van der Waals surface area contributed by atoms with Crippen molar-refractivity contribution in [3.05, 3.63) is 66.1 Å². The second-order valence-corrected chi connectivity index (χ2v) is 5.53. The molecule has 0 saturated heterocycles. The number of nitrogens with one attached hydrogen (secondary N) is 1. The number of benzene rings is 2. The van der Waals surface area contributed by atoms with Crippen LogP contribution in [0, 0.1) is 0 Å². The highest BCUT2D eigenvalue weighted by atomic mass is 16.5. The number of phenolic OH excluding ortho intramolecular Hbond substituents is 1. The van der Waals surface area contributed by atoms with Gasteiger partial charge in [-0.1, -0.05) is 30.3 Å². The molecule has 3 aromatic rings. The second kappa shape index (κ2) is 7.09. The van der Waals surface area contributed by atoms with E-state index in [0.29, 0.717) is 11.1 Å². The van der Waals surface area contributed by atoms with Crippen molar-refractivity contribution in [2.75, 3.05) is 0 Å². The lowest BCUT2D eigenvalue weighted by molar-refractivity contribution is -0.129. The molecule has 0 unspecified atom stereocenters. The molecule has 0 aliphatic carbocycles. The first-order valence-corrected chi connectivity index (χ1v) is 7.78. The molecule has 1 heterocycles. The molecule has 0 radical (unpaired) electrons. The Morgan fingerprint density at radius 2 is 1.96 bits per heavy atom. The number of hydrogen-bond donors (Lipinski definition) is 2. The summed E-state index contributed by atoms with van der Waals surface area (Å²) in [5, 5.41) is 14.3. The third-order valence-electron chi connectivity index (χ3n) is 3.79. The molecule has 2 N–H and O–H groups in total. The highest BCUT2D eigenvalue weighted by Gasteiger charge is 2.21. The van der Waals surface area contributed by atoms with Gasteiger partial charge in [0.2, 0.25) is 0 Å². The molecule has 0 bridgehead atoms. The molecule has 0 aliphatic heterocycles. The number of carbonyl (C=O) groups is 2. The highest BCUT2D eigenvalue weighted by molar-refractivity contribution is 6.01.